The quantitative estimate of drug-likeness (QED) is 0.204. The van der Waals surface area contributed by atoms with Gasteiger partial charge in [0.05, 0.1) is 16.7 Å². The lowest BCUT2D eigenvalue weighted by atomic mass is 9.88. The zero-order valence-electron chi connectivity index (χ0n) is 22.2. The van der Waals surface area contributed by atoms with Gasteiger partial charge in [0.15, 0.2) is 0 Å². The molecule has 1 heterocycles. The highest BCUT2D eigenvalue weighted by molar-refractivity contribution is 6.12. The molecule has 0 radical (unpaired) electrons. The molecule has 2 aliphatic carbocycles. The highest BCUT2D eigenvalue weighted by Crippen LogP contribution is 2.46. The fourth-order valence-corrected chi connectivity index (χ4v) is 6.62. The zero-order valence-corrected chi connectivity index (χ0v) is 22.2. The third-order valence-electron chi connectivity index (χ3n) is 8.30. The van der Waals surface area contributed by atoms with Crippen molar-refractivity contribution in [1.29, 1.82) is 0 Å². The van der Waals surface area contributed by atoms with Crippen molar-refractivity contribution in [3.8, 4) is 5.69 Å². The summed E-state index contributed by atoms with van der Waals surface area (Å²) in [7, 11) is 0. The topological polar surface area (TPSA) is 4.93 Å². The molecule has 0 saturated heterocycles. The van der Waals surface area contributed by atoms with Crippen LogP contribution < -0.4 is 0 Å². The van der Waals surface area contributed by atoms with Crippen LogP contribution in [0, 0.1) is 0 Å². The van der Waals surface area contributed by atoms with Crippen LogP contribution in [0.4, 0.5) is 0 Å². The number of nitrogens with zero attached hydrogens (tertiary/aromatic N) is 1. The molecular formula is C38H31N. The van der Waals surface area contributed by atoms with Crippen molar-refractivity contribution in [2.24, 2.45) is 0 Å². The molecule has 39 heavy (non-hydrogen) atoms. The number of hydrogen-bond donors (Lipinski definition) is 0. The molecule has 0 amide bonds. The van der Waals surface area contributed by atoms with E-state index in [0.717, 1.165) is 25.7 Å². The minimum Gasteiger partial charge on any atom is -0.308 e. The van der Waals surface area contributed by atoms with E-state index in [0.29, 0.717) is 0 Å². The third-order valence-corrected chi connectivity index (χ3v) is 8.30. The Balaban J connectivity index is 1.63. The summed E-state index contributed by atoms with van der Waals surface area (Å²) in [6.07, 6.45) is 21.0. The van der Waals surface area contributed by atoms with Crippen LogP contribution in [0.25, 0.3) is 49.9 Å². The molecule has 1 nitrogen and oxygen atoms in total. The first-order valence-electron chi connectivity index (χ1n) is 13.9. The number of fused-ring (bicyclic) bond motifs is 7. The summed E-state index contributed by atoms with van der Waals surface area (Å²) in [6, 6.07) is 24.9. The van der Waals surface area contributed by atoms with Gasteiger partial charge in [-0.1, -0.05) is 116 Å². The molecular weight excluding hydrogens is 470 g/mol. The van der Waals surface area contributed by atoms with Crippen molar-refractivity contribution < 1.29 is 0 Å². The lowest BCUT2D eigenvalue weighted by Gasteiger charge is -2.21. The van der Waals surface area contributed by atoms with Crippen LogP contribution in [0.5, 0.6) is 0 Å². The molecule has 5 aromatic rings. The van der Waals surface area contributed by atoms with E-state index in [4.69, 9.17) is 0 Å². The predicted octanol–water partition coefficient (Wildman–Crippen LogP) is 10.1. The fraction of sp³-hybridized carbons (Fsp3) is 0.105. The van der Waals surface area contributed by atoms with Gasteiger partial charge in [-0.3, -0.25) is 0 Å². The second-order valence-electron chi connectivity index (χ2n) is 10.5. The molecule has 2 aliphatic rings. The summed E-state index contributed by atoms with van der Waals surface area (Å²) in [4.78, 5) is 0. The molecule has 0 N–H and O–H groups in total. The number of benzene rings is 4. The number of hydrogen-bond acceptors (Lipinski definition) is 0. The van der Waals surface area contributed by atoms with Gasteiger partial charge in [0.1, 0.15) is 0 Å². The number of para-hydroxylation sites is 2. The lowest BCUT2D eigenvalue weighted by molar-refractivity contribution is 0.989. The normalized spacial score (nSPS) is 14.8. The number of aromatic nitrogens is 1. The van der Waals surface area contributed by atoms with E-state index < -0.39 is 0 Å². The van der Waals surface area contributed by atoms with E-state index in [1.165, 1.54) is 71.7 Å². The Morgan fingerprint density at radius 2 is 1.54 bits per heavy atom. The van der Waals surface area contributed by atoms with E-state index in [1.54, 1.807) is 0 Å². The van der Waals surface area contributed by atoms with E-state index in [9.17, 15) is 0 Å². The largest absolute Gasteiger partial charge is 0.308 e. The van der Waals surface area contributed by atoms with Gasteiger partial charge in [-0.05, 0) is 77.1 Å². The summed E-state index contributed by atoms with van der Waals surface area (Å²) >= 11 is 0. The second-order valence-corrected chi connectivity index (χ2v) is 10.5. The van der Waals surface area contributed by atoms with Crippen LogP contribution >= 0.6 is 0 Å². The molecule has 0 aliphatic heterocycles. The highest BCUT2D eigenvalue weighted by Gasteiger charge is 2.27. The van der Waals surface area contributed by atoms with Crippen molar-refractivity contribution in [2.45, 2.75) is 25.7 Å². The molecule has 0 spiro atoms. The van der Waals surface area contributed by atoms with E-state index in [1.807, 2.05) is 12.2 Å². The Labute approximate surface area is 230 Å². The Morgan fingerprint density at radius 3 is 2.28 bits per heavy atom. The maximum Gasteiger partial charge on any atom is 0.0582 e. The van der Waals surface area contributed by atoms with E-state index >= 15 is 0 Å². The molecule has 1 heteroatoms. The second kappa shape index (κ2) is 9.60. The Hall–Kier alpha value is -4.62. The van der Waals surface area contributed by atoms with Gasteiger partial charge in [-0.15, -0.1) is 0 Å². The van der Waals surface area contributed by atoms with E-state index in [-0.39, 0.29) is 0 Å². The summed E-state index contributed by atoms with van der Waals surface area (Å²) in [6.45, 7) is 7.84. The Kier molecular flexibility index (Phi) is 5.78. The van der Waals surface area contributed by atoms with Crippen molar-refractivity contribution >= 4 is 44.2 Å². The van der Waals surface area contributed by atoms with Crippen molar-refractivity contribution in [3.63, 3.8) is 0 Å². The molecule has 0 bridgehead atoms. The van der Waals surface area contributed by atoms with Gasteiger partial charge in [-0.25, -0.2) is 0 Å². The fourth-order valence-electron chi connectivity index (χ4n) is 6.62. The van der Waals surface area contributed by atoms with Crippen LogP contribution in [0.1, 0.15) is 35.1 Å². The predicted molar refractivity (Wildman–Crippen MR) is 170 cm³/mol. The first-order valence-corrected chi connectivity index (χ1v) is 13.9. The van der Waals surface area contributed by atoms with Gasteiger partial charge < -0.3 is 4.57 Å². The Bertz CT molecular complexity index is 1880. The third kappa shape index (κ3) is 3.69. The molecule has 7 rings (SSSR count). The van der Waals surface area contributed by atoms with Crippen LogP contribution in [0.2, 0.25) is 0 Å². The van der Waals surface area contributed by atoms with Crippen molar-refractivity contribution in [3.05, 3.63) is 150 Å². The van der Waals surface area contributed by atoms with Crippen LogP contribution in [0.15, 0.2) is 128 Å². The minimum atomic E-state index is 0.901. The first-order chi connectivity index (χ1) is 19.3. The monoisotopic (exact) mass is 501 g/mol. The summed E-state index contributed by atoms with van der Waals surface area (Å²) < 4.78 is 2.53. The zero-order chi connectivity index (χ0) is 26.3. The lowest BCUT2D eigenvalue weighted by Crippen LogP contribution is -2.04. The molecule has 0 atom stereocenters. The van der Waals surface area contributed by atoms with E-state index in [2.05, 4.69) is 121 Å². The first kappa shape index (κ1) is 23.5. The van der Waals surface area contributed by atoms with Gasteiger partial charge in [0, 0.05) is 16.2 Å². The number of aryl methyl sites for hydroxylation is 1. The minimum absolute atomic E-state index is 0.901. The summed E-state index contributed by atoms with van der Waals surface area (Å²) in [5.41, 5.74) is 12.1. The van der Waals surface area contributed by atoms with Crippen molar-refractivity contribution in [1.82, 2.24) is 4.57 Å². The smallest absolute Gasteiger partial charge is 0.0582 e. The SMILES string of the molecule is C=C/C=C\CC1=C(/C=C\C=C)c2cc3c4c(ccc3c(-n3c5ccccc5c5ccccc53)c2C1)CCC=C4. The molecule has 0 unspecified atom stereocenters. The van der Waals surface area contributed by atoms with Crippen LogP contribution in [-0.2, 0) is 12.8 Å². The molecule has 188 valence electrons. The molecule has 0 saturated carbocycles. The molecule has 1 aromatic heterocycles. The number of rotatable bonds is 6. The standard InChI is InChI=1S/C38H31N/c1-3-5-7-15-27-24-35-34(29(27)16-6-4-2)25-33-28-17-9-8-14-26(28)22-23-32(33)38(35)39-36-20-12-10-18-30(36)31-19-11-13-21-37(31)39/h3-7,9-13,16-23,25H,1-2,8,14-15,24H2/b7-5-,16-6-. The Morgan fingerprint density at radius 1 is 0.795 bits per heavy atom. The van der Waals surface area contributed by atoms with Crippen LogP contribution in [0.3, 0.4) is 0 Å². The maximum atomic E-state index is 3.96. The van der Waals surface area contributed by atoms with Gasteiger partial charge in [-0.2, -0.15) is 0 Å². The van der Waals surface area contributed by atoms with Crippen molar-refractivity contribution in [2.75, 3.05) is 0 Å². The maximum absolute atomic E-state index is 3.96. The number of allylic oxidation sites excluding steroid dienone is 9. The summed E-state index contributed by atoms with van der Waals surface area (Å²) in [5, 5.41) is 5.25. The average Bonchev–Trinajstić information content (AvgIpc) is 3.50. The van der Waals surface area contributed by atoms with Gasteiger partial charge in [0.25, 0.3) is 0 Å². The molecule has 0 fully saturated rings. The highest BCUT2D eigenvalue weighted by atomic mass is 15.0. The average molecular weight is 502 g/mol. The van der Waals surface area contributed by atoms with Gasteiger partial charge in [0.2, 0.25) is 0 Å². The van der Waals surface area contributed by atoms with Crippen LogP contribution in [-0.4, -0.2) is 4.57 Å². The van der Waals surface area contributed by atoms with Gasteiger partial charge >= 0.3 is 0 Å². The molecule has 4 aromatic carbocycles. The summed E-state index contributed by atoms with van der Waals surface area (Å²) in [5.74, 6) is 0.